The molecule has 1 atom stereocenters. The van der Waals surface area contributed by atoms with Crippen molar-refractivity contribution >= 4 is 5.91 Å². The van der Waals surface area contributed by atoms with Crippen LogP contribution in [-0.2, 0) is 9.63 Å². The summed E-state index contributed by atoms with van der Waals surface area (Å²) in [4.78, 5) is 16.4. The average molecular weight is 247 g/mol. The zero-order chi connectivity index (χ0) is 13.1. The van der Waals surface area contributed by atoms with Gasteiger partial charge in [0.15, 0.2) is 0 Å². The molecule has 0 radical (unpaired) electrons. The molecule has 3 heteroatoms. The summed E-state index contributed by atoms with van der Waals surface area (Å²) in [6, 6.07) is 6.53. The molecule has 1 aromatic rings. The molecule has 3 nitrogen and oxygen atoms in total. The second-order valence-corrected chi connectivity index (χ2v) is 5.22. The number of carbonyl (C=O) groups excluding carboxylic acids is 1. The van der Waals surface area contributed by atoms with E-state index in [9.17, 15) is 4.79 Å². The van der Waals surface area contributed by atoms with Crippen molar-refractivity contribution in [1.29, 1.82) is 0 Å². The fourth-order valence-corrected chi connectivity index (χ4v) is 2.41. The van der Waals surface area contributed by atoms with Crippen LogP contribution in [0.3, 0.4) is 0 Å². The summed E-state index contributed by atoms with van der Waals surface area (Å²) < 4.78 is 0. The van der Waals surface area contributed by atoms with E-state index in [1.165, 1.54) is 36.6 Å². The highest BCUT2D eigenvalue weighted by Crippen LogP contribution is 2.44. The number of aryl methyl sites for hydroxylation is 2. The molecule has 1 aliphatic carbocycles. The predicted octanol–water partition coefficient (Wildman–Crippen LogP) is 2.86. The van der Waals surface area contributed by atoms with Crippen LogP contribution in [0.4, 0.5) is 0 Å². The van der Waals surface area contributed by atoms with E-state index in [-0.39, 0.29) is 5.91 Å². The summed E-state index contributed by atoms with van der Waals surface area (Å²) in [5.41, 5.74) is 6.30. The van der Waals surface area contributed by atoms with Gasteiger partial charge in [-0.2, -0.15) is 0 Å². The topological polar surface area (TPSA) is 38.3 Å². The Labute approximate surface area is 108 Å². The third kappa shape index (κ3) is 3.10. The largest absolute Gasteiger partial charge is 0.277 e. The third-order valence-corrected chi connectivity index (χ3v) is 3.77. The highest BCUT2D eigenvalue weighted by Gasteiger charge is 2.33. The van der Waals surface area contributed by atoms with Crippen molar-refractivity contribution in [2.75, 3.05) is 7.11 Å². The molecule has 98 valence electrons. The molecular weight excluding hydrogens is 226 g/mol. The maximum Gasteiger partial charge on any atom is 0.244 e. The molecule has 2 rings (SSSR count). The quantitative estimate of drug-likeness (QED) is 0.812. The maximum absolute atomic E-state index is 11.7. The van der Waals surface area contributed by atoms with E-state index in [4.69, 9.17) is 0 Å². The van der Waals surface area contributed by atoms with Crippen molar-refractivity contribution in [3.05, 3.63) is 34.9 Å². The number of hydrogen-bond acceptors (Lipinski definition) is 2. The van der Waals surface area contributed by atoms with Gasteiger partial charge in [-0.1, -0.05) is 18.2 Å². The Kier molecular flexibility index (Phi) is 4.02. The Morgan fingerprint density at radius 2 is 2.11 bits per heavy atom. The first-order valence-corrected chi connectivity index (χ1v) is 6.50. The molecule has 0 aromatic heterocycles. The number of carbonyl (C=O) groups is 1. The molecule has 1 fully saturated rings. The Balaban J connectivity index is 2.14. The summed E-state index contributed by atoms with van der Waals surface area (Å²) in [5, 5.41) is 0. The van der Waals surface area contributed by atoms with E-state index >= 15 is 0 Å². The van der Waals surface area contributed by atoms with Gasteiger partial charge in [0.2, 0.25) is 5.91 Å². The van der Waals surface area contributed by atoms with Crippen LogP contribution in [-0.4, -0.2) is 13.0 Å². The molecule has 1 aliphatic rings. The molecule has 0 aliphatic heterocycles. The van der Waals surface area contributed by atoms with Crippen molar-refractivity contribution in [3.63, 3.8) is 0 Å². The molecule has 1 aromatic carbocycles. The SMILES string of the molecule is CONC(=O)CC(c1ccc(C)c(C)c1)C1CC1. The van der Waals surface area contributed by atoms with E-state index < -0.39 is 0 Å². The molecule has 0 bridgehead atoms. The lowest BCUT2D eigenvalue weighted by Crippen LogP contribution is -2.24. The summed E-state index contributed by atoms with van der Waals surface area (Å²) in [5.74, 6) is 0.960. The van der Waals surface area contributed by atoms with Gasteiger partial charge in [0.05, 0.1) is 7.11 Å². The summed E-state index contributed by atoms with van der Waals surface area (Å²) >= 11 is 0. The molecule has 1 N–H and O–H groups in total. The average Bonchev–Trinajstić information content (AvgIpc) is 3.14. The molecule has 1 amide bonds. The van der Waals surface area contributed by atoms with Crippen LogP contribution >= 0.6 is 0 Å². The Hall–Kier alpha value is -1.35. The van der Waals surface area contributed by atoms with Gasteiger partial charge < -0.3 is 0 Å². The lowest BCUT2D eigenvalue weighted by Gasteiger charge is -2.17. The normalized spacial score (nSPS) is 16.4. The zero-order valence-electron chi connectivity index (χ0n) is 11.3. The maximum atomic E-state index is 11.7. The van der Waals surface area contributed by atoms with Gasteiger partial charge in [-0.05, 0) is 55.2 Å². The van der Waals surface area contributed by atoms with Crippen molar-refractivity contribution in [2.45, 2.75) is 39.0 Å². The highest BCUT2D eigenvalue weighted by molar-refractivity contribution is 5.75. The Bertz CT molecular complexity index is 438. The van der Waals surface area contributed by atoms with Gasteiger partial charge >= 0.3 is 0 Å². The molecule has 1 saturated carbocycles. The minimum absolute atomic E-state index is 0.0346. The van der Waals surface area contributed by atoms with Gasteiger partial charge in [0, 0.05) is 6.42 Å². The molecular formula is C15H21NO2. The third-order valence-electron chi connectivity index (χ3n) is 3.77. The number of rotatable bonds is 5. The molecule has 0 saturated heterocycles. The van der Waals surface area contributed by atoms with E-state index in [1.807, 2.05) is 0 Å². The first-order valence-electron chi connectivity index (χ1n) is 6.50. The standard InChI is InChI=1S/C15H21NO2/c1-10-4-5-13(8-11(10)2)14(12-6-7-12)9-15(17)16-18-3/h4-5,8,12,14H,6-7,9H2,1-3H3,(H,16,17). The summed E-state index contributed by atoms with van der Waals surface area (Å²) in [6.45, 7) is 4.24. The van der Waals surface area contributed by atoms with E-state index in [1.54, 1.807) is 0 Å². The monoisotopic (exact) mass is 247 g/mol. The lowest BCUT2D eigenvalue weighted by molar-refractivity contribution is -0.131. The number of hydroxylamine groups is 1. The van der Waals surface area contributed by atoms with Gasteiger partial charge in [0.1, 0.15) is 0 Å². The highest BCUT2D eigenvalue weighted by atomic mass is 16.6. The second-order valence-electron chi connectivity index (χ2n) is 5.22. The van der Waals surface area contributed by atoms with Gasteiger partial charge in [-0.25, -0.2) is 5.48 Å². The fraction of sp³-hybridized carbons (Fsp3) is 0.533. The Morgan fingerprint density at radius 3 is 2.67 bits per heavy atom. The van der Waals surface area contributed by atoms with Crippen molar-refractivity contribution in [1.82, 2.24) is 5.48 Å². The second kappa shape index (κ2) is 5.53. The van der Waals surface area contributed by atoms with Crippen LogP contribution in [0.15, 0.2) is 18.2 Å². The van der Waals surface area contributed by atoms with Crippen LogP contribution in [0.5, 0.6) is 0 Å². The summed E-state index contributed by atoms with van der Waals surface area (Å²) in [6.07, 6.45) is 2.98. The van der Waals surface area contributed by atoms with E-state index in [2.05, 4.69) is 42.4 Å². The Morgan fingerprint density at radius 1 is 1.39 bits per heavy atom. The van der Waals surface area contributed by atoms with Crippen LogP contribution in [0.1, 0.15) is 41.9 Å². The smallest absolute Gasteiger partial charge is 0.244 e. The van der Waals surface area contributed by atoms with Crippen molar-refractivity contribution in [3.8, 4) is 0 Å². The van der Waals surface area contributed by atoms with Crippen LogP contribution < -0.4 is 5.48 Å². The number of amides is 1. The molecule has 18 heavy (non-hydrogen) atoms. The lowest BCUT2D eigenvalue weighted by atomic mass is 9.89. The minimum Gasteiger partial charge on any atom is -0.277 e. The minimum atomic E-state index is -0.0346. The molecule has 0 heterocycles. The zero-order valence-corrected chi connectivity index (χ0v) is 11.3. The number of hydrogen-bond donors (Lipinski definition) is 1. The first kappa shape index (κ1) is 13.1. The molecule has 1 unspecified atom stereocenters. The summed E-state index contributed by atoms with van der Waals surface area (Å²) in [7, 11) is 1.47. The van der Waals surface area contributed by atoms with E-state index in [0.29, 0.717) is 18.3 Å². The molecule has 0 spiro atoms. The number of benzene rings is 1. The van der Waals surface area contributed by atoms with Crippen LogP contribution in [0.25, 0.3) is 0 Å². The van der Waals surface area contributed by atoms with Crippen molar-refractivity contribution in [2.24, 2.45) is 5.92 Å². The van der Waals surface area contributed by atoms with Gasteiger partial charge in [-0.15, -0.1) is 0 Å². The van der Waals surface area contributed by atoms with Gasteiger partial charge in [0.25, 0.3) is 0 Å². The first-order chi connectivity index (χ1) is 8.61. The number of nitrogens with one attached hydrogen (secondary N) is 1. The van der Waals surface area contributed by atoms with Crippen LogP contribution in [0.2, 0.25) is 0 Å². The van der Waals surface area contributed by atoms with E-state index in [0.717, 1.165) is 0 Å². The predicted molar refractivity (Wildman–Crippen MR) is 71.1 cm³/mol. The van der Waals surface area contributed by atoms with Crippen LogP contribution in [0, 0.1) is 19.8 Å². The van der Waals surface area contributed by atoms with Crippen molar-refractivity contribution < 1.29 is 9.63 Å². The fourth-order valence-electron chi connectivity index (χ4n) is 2.41. The van der Waals surface area contributed by atoms with Gasteiger partial charge in [-0.3, -0.25) is 9.63 Å².